The molecule has 1 fully saturated rings. The van der Waals surface area contributed by atoms with E-state index in [0.717, 1.165) is 85.6 Å². The van der Waals surface area contributed by atoms with Gasteiger partial charge in [0, 0.05) is 11.4 Å². The van der Waals surface area contributed by atoms with Crippen LogP contribution in [-0.2, 0) is 10.3 Å². The van der Waals surface area contributed by atoms with Crippen molar-refractivity contribution in [2.45, 2.75) is 65.8 Å². The van der Waals surface area contributed by atoms with Gasteiger partial charge in [0.05, 0.1) is 52.5 Å². The molecule has 1 aliphatic rings. The fourth-order valence-electron chi connectivity index (χ4n) is 7.14. The predicted octanol–water partition coefficient (Wildman–Crippen LogP) is 12.4. The van der Waals surface area contributed by atoms with Gasteiger partial charge in [-0.3, -0.25) is 9.13 Å². The molecule has 9 heteroatoms. The van der Waals surface area contributed by atoms with E-state index < -0.39 is 5.60 Å². The van der Waals surface area contributed by atoms with E-state index in [1.807, 2.05) is 113 Å². The highest BCUT2D eigenvalue weighted by Gasteiger charge is 2.41. The van der Waals surface area contributed by atoms with E-state index in [4.69, 9.17) is 14.2 Å². The van der Waals surface area contributed by atoms with Crippen LogP contribution in [0.2, 0.25) is 0 Å². The summed E-state index contributed by atoms with van der Waals surface area (Å²) in [5.41, 5.74) is 11.3. The van der Waals surface area contributed by atoms with Crippen molar-refractivity contribution in [3.05, 3.63) is 179 Å². The van der Waals surface area contributed by atoms with E-state index >= 15 is 0 Å². The molecule has 1 saturated carbocycles. The van der Waals surface area contributed by atoms with Gasteiger partial charge in [0.15, 0.2) is 0 Å². The van der Waals surface area contributed by atoms with Crippen LogP contribution in [0.25, 0.3) is 57.7 Å². The van der Waals surface area contributed by atoms with Crippen molar-refractivity contribution in [2.75, 3.05) is 7.11 Å². The van der Waals surface area contributed by atoms with Gasteiger partial charge < -0.3 is 19.3 Å². The minimum Gasteiger partial charge on any atom is -0.491 e. The highest BCUT2D eigenvalue weighted by atomic mass is 16.5. The maximum atomic E-state index is 11.5. The van der Waals surface area contributed by atoms with Crippen LogP contribution >= 0.6 is 0 Å². The number of hydrogen-bond donors (Lipinski definition) is 1. The quantitative estimate of drug-likeness (QED) is 0.0966. The SMILES string of the molecule is C.CC(C)Oc1ccc(-n2cnc3cc(/C=C\c4ccc(C5(O)CC5)cc4)ccc32)cc1.COC(=O)c1ccc(/C=C\c2ccc3c(c2)ncn3-c2ccc(OC(C)C)cc2)cc1. The smallest absolute Gasteiger partial charge is 0.337 e. The van der Waals surface area contributed by atoms with Crippen LogP contribution in [0.1, 0.15) is 86.1 Å². The number of methoxy groups -OCH3 is 1. The number of aliphatic hydroxyl groups is 1. The van der Waals surface area contributed by atoms with Crippen molar-refractivity contribution in [2.24, 2.45) is 0 Å². The number of carbonyl (C=O) groups excluding carboxylic acids is 1. The summed E-state index contributed by atoms with van der Waals surface area (Å²) in [6.07, 6.45) is 14.0. The summed E-state index contributed by atoms with van der Waals surface area (Å²) < 4.78 is 20.3. The molecule has 8 aromatic rings. The van der Waals surface area contributed by atoms with Gasteiger partial charge in [0.25, 0.3) is 0 Å². The first kappa shape index (κ1) is 43.8. The van der Waals surface area contributed by atoms with Crippen LogP contribution in [-0.4, -0.2) is 49.5 Å². The molecule has 2 aromatic heterocycles. The number of hydrogen-bond acceptors (Lipinski definition) is 7. The molecule has 0 spiro atoms. The van der Waals surface area contributed by atoms with Gasteiger partial charge in [0.1, 0.15) is 24.2 Å². The number of aromatic nitrogens is 4. The summed E-state index contributed by atoms with van der Waals surface area (Å²) in [7, 11) is 1.38. The van der Waals surface area contributed by atoms with E-state index in [1.165, 1.54) is 7.11 Å². The lowest BCUT2D eigenvalue weighted by Crippen LogP contribution is -2.05. The Hall–Kier alpha value is -7.23. The van der Waals surface area contributed by atoms with E-state index in [1.54, 1.807) is 12.1 Å². The number of fused-ring (bicyclic) bond motifs is 2. The zero-order chi connectivity index (χ0) is 43.2. The first-order valence-electron chi connectivity index (χ1n) is 20.9. The maximum Gasteiger partial charge on any atom is 0.337 e. The largest absolute Gasteiger partial charge is 0.491 e. The molecule has 0 radical (unpaired) electrons. The number of rotatable bonds is 12. The molecule has 6 aromatic carbocycles. The van der Waals surface area contributed by atoms with Gasteiger partial charge in [-0.1, -0.05) is 80.3 Å². The predicted molar refractivity (Wildman–Crippen MR) is 256 cm³/mol. The Bertz CT molecular complexity index is 2850. The second-order valence-electron chi connectivity index (χ2n) is 16.0. The zero-order valence-corrected chi connectivity index (χ0v) is 35.6. The van der Waals surface area contributed by atoms with Crippen LogP contribution in [0.4, 0.5) is 0 Å². The zero-order valence-electron chi connectivity index (χ0n) is 35.6. The minimum atomic E-state index is -0.576. The number of esters is 1. The van der Waals surface area contributed by atoms with Crippen molar-refractivity contribution >= 4 is 52.3 Å². The third-order valence-electron chi connectivity index (χ3n) is 10.6. The summed E-state index contributed by atoms with van der Waals surface area (Å²) in [4.78, 5) is 20.7. The molecule has 1 N–H and O–H groups in total. The molecule has 63 heavy (non-hydrogen) atoms. The molecule has 0 bridgehead atoms. The van der Waals surface area contributed by atoms with Crippen LogP contribution in [0.3, 0.4) is 0 Å². The second kappa shape index (κ2) is 19.2. The molecular weight excluding hydrogens is 785 g/mol. The van der Waals surface area contributed by atoms with Gasteiger partial charge in [-0.25, -0.2) is 14.8 Å². The normalized spacial score (nSPS) is 13.0. The Kier molecular flexibility index (Phi) is 13.4. The number of benzene rings is 6. The Balaban J connectivity index is 0.000000186. The molecule has 0 aliphatic heterocycles. The molecule has 0 atom stereocenters. The van der Waals surface area contributed by atoms with Crippen LogP contribution in [0, 0.1) is 0 Å². The molecular formula is C54H54N4O5. The summed E-state index contributed by atoms with van der Waals surface area (Å²) in [5, 5.41) is 10.2. The van der Waals surface area contributed by atoms with E-state index in [9.17, 15) is 9.90 Å². The number of carbonyl (C=O) groups is 1. The Labute approximate surface area is 369 Å². The minimum absolute atomic E-state index is 0. The van der Waals surface area contributed by atoms with Crippen molar-refractivity contribution in [3.63, 3.8) is 0 Å². The van der Waals surface area contributed by atoms with Gasteiger partial charge in [-0.05, 0) is 153 Å². The Morgan fingerprint density at radius 2 is 0.984 bits per heavy atom. The molecule has 9 rings (SSSR count). The van der Waals surface area contributed by atoms with Crippen molar-refractivity contribution in [3.8, 4) is 22.9 Å². The number of imidazole rings is 2. The van der Waals surface area contributed by atoms with Crippen molar-refractivity contribution in [1.29, 1.82) is 0 Å². The summed E-state index contributed by atoms with van der Waals surface area (Å²) in [5.74, 6) is 1.39. The molecule has 1 aliphatic carbocycles. The first-order valence-corrected chi connectivity index (χ1v) is 20.9. The molecule has 9 nitrogen and oxygen atoms in total. The first-order chi connectivity index (χ1) is 30.0. The lowest BCUT2D eigenvalue weighted by Gasteiger charge is -2.10. The summed E-state index contributed by atoms with van der Waals surface area (Å²) in [6.45, 7) is 8.08. The lowest BCUT2D eigenvalue weighted by atomic mass is 10.0. The third-order valence-corrected chi connectivity index (χ3v) is 10.6. The fourth-order valence-corrected chi connectivity index (χ4v) is 7.14. The topological polar surface area (TPSA) is 101 Å². The molecule has 2 heterocycles. The molecule has 320 valence electrons. The fraction of sp³-hybridized carbons (Fsp3) is 0.204. The van der Waals surface area contributed by atoms with E-state index in [-0.39, 0.29) is 25.6 Å². The monoisotopic (exact) mass is 838 g/mol. The van der Waals surface area contributed by atoms with Gasteiger partial charge in [0.2, 0.25) is 0 Å². The second-order valence-corrected chi connectivity index (χ2v) is 16.0. The van der Waals surface area contributed by atoms with Crippen LogP contribution < -0.4 is 9.47 Å². The van der Waals surface area contributed by atoms with Gasteiger partial charge in [-0.2, -0.15) is 0 Å². The summed E-state index contributed by atoms with van der Waals surface area (Å²) in [6, 6.07) is 44.1. The van der Waals surface area contributed by atoms with Crippen molar-refractivity contribution in [1.82, 2.24) is 19.1 Å². The maximum absolute atomic E-state index is 11.5. The van der Waals surface area contributed by atoms with E-state index in [2.05, 4.69) is 91.9 Å². The molecule has 0 amide bonds. The van der Waals surface area contributed by atoms with Crippen LogP contribution in [0.15, 0.2) is 146 Å². The number of ether oxygens (including phenoxy) is 3. The van der Waals surface area contributed by atoms with Gasteiger partial charge in [-0.15, -0.1) is 0 Å². The van der Waals surface area contributed by atoms with E-state index in [0.29, 0.717) is 5.56 Å². The van der Waals surface area contributed by atoms with Crippen molar-refractivity contribution < 1.29 is 24.1 Å². The average Bonchev–Trinajstić information content (AvgIpc) is 3.68. The molecule has 0 unspecified atom stereocenters. The summed E-state index contributed by atoms with van der Waals surface area (Å²) >= 11 is 0. The Morgan fingerprint density at radius 1 is 0.587 bits per heavy atom. The third kappa shape index (κ3) is 10.6. The number of nitrogens with zero attached hydrogens (tertiary/aromatic N) is 4. The average molecular weight is 839 g/mol. The van der Waals surface area contributed by atoms with Gasteiger partial charge >= 0.3 is 5.97 Å². The lowest BCUT2D eigenvalue weighted by molar-refractivity contribution is 0.0600. The molecule has 0 saturated heterocycles. The standard InChI is InChI=1S/C27H26N2O2.C26H24N2O3.CH4/c1-19(2)31-24-12-10-23(11-13-24)29-18-28-25-17-21(7-14-26(25)29)4-3-20-5-8-22(9-6-20)27(30)15-16-27;1-18(2)31-23-13-11-22(12-14-23)28-17-27-24-16-20(8-15-25(24)28)5-4-19-6-9-21(10-7-19)26(29)30-3;/h3-14,17-19,30H,15-16H2,1-2H3;4-18H,1-3H3;1H4/b4-3-;5-4-;. The highest BCUT2D eigenvalue weighted by Crippen LogP contribution is 2.45. The van der Waals surface area contributed by atoms with Crippen LogP contribution in [0.5, 0.6) is 11.5 Å². The highest BCUT2D eigenvalue weighted by molar-refractivity contribution is 5.90. The Morgan fingerprint density at radius 3 is 1.38 bits per heavy atom.